The van der Waals surface area contributed by atoms with Crippen molar-refractivity contribution in [2.75, 3.05) is 26.2 Å². The molecule has 14 unspecified atom stereocenters. The maximum absolute atomic E-state index is 14.6. The zero-order chi connectivity index (χ0) is 58.3. The number of hydrogen-bond acceptors (Lipinski definition) is 22. The number of aromatic hydroxyl groups is 1. The summed E-state index contributed by atoms with van der Waals surface area (Å²) >= 11 is -0.0223. The number of β-amino-alcohol motifs (C(OH)–C–C–N with tert-alkyl or cyclic N) is 1. The molecule has 80 heavy (non-hydrogen) atoms. The van der Waals surface area contributed by atoms with Crippen LogP contribution in [0.4, 0.5) is 4.79 Å². The first-order valence-electron chi connectivity index (χ1n) is 25.1. The standard InChI is InChI=1S/C50H62N8O21S/c1-21-18-58-40(41(21)65)47(71)52-17-24(60)14-31(53-50(74)76-20-30-28-9-5-3-7-26(28)27-8-4-6-10-29(27)30)44(68)54-37(22(2)59)48(72)57-19-25(61)15-32(57)45(69)56-39(46(70)55-38(49(58)73)34(63)16-36(51)64)43(67)42(66)23-11-12-33(62)35(13-23)77-80-79-78-75/h3-13,21-22,24-25,30-32,34,37-43,59-63,65-67,75H,14-20H2,1-2H3,(H2,51,64)(H,52,71)(H,53,74)(H,54,68)(H,55,70)(H,56,69). The quantitative estimate of drug-likeness (QED) is 0.0318. The predicted octanol–water partition coefficient (Wildman–Crippen LogP) is -3.82. The molecule has 14 atom stereocenters. The van der Waals surface area contributed by atoms with Crippen molar-refractivity contribution in [3.63, 3.8) is 0 Å². The van der Waals surface area contributed by atoms with Crippen LogP contribution in [0.3, 0.4) is 0 Å². The number of carbonyl (C=O) groups excluding carboxylic acids is 8. The van der Waals surface area contributed by atoms with Crippen molar-refractivity contribution in [2.24, 2.45) is 11.7 Å². The van der Waals surface area contributed by atoms with E-state index >= 15 is 0 Å². The summed E-state index contributed by atoms with van der Waals surface area (Å²) in [5.41, 5.74) is 8.55. The number of nitrogens with one attached hydrogen (secondary N) is 5. The second-order valence-electron chi connectivity index (χ2n) is 19.9. The molecular formula is C50H62N8O21S. The molecular weight excluding hydrogens is 1080 g/mol. The van der Waals surface area contributed by atoms with Crippen LogP contribution in [0.2, 0.25) is 0 Å². The number of alkyl carbamates (subject to hydrolysis) is 1. The number of nitrogens with zero attached hydrogens (tertiary/aromatic N) is 2. The van der Waals surface area contributed by atoms with E-state index in [9.17, 15) is 79.2 Å². The molecule has 3 aliphatic heterocycles. The van der Waals surface area contributed by atoms with Gasteiger partial charge in [0.1, 0.15) is 55.1 Å². The molecule has 16 N–H and O–H groups in total. The van der Waals surface area contributed by atoms with Crippen molar-refractivity contribution in [1.82, 2.24) is 36.4 Å². The molecule has 7 rings (SSSR count). The summed E-state index contributed by atoms with van der Waals surface area (Å²) in [5, 5.41) is 113. The van der Waals surface area contributed by atoms with Gasteiger partial charge in [-0.05, 0) is 46.9 Å². The number of carbonyl (C=O) groups is 8. The molecule has 0 radical (unpaired) electrons. The third-order valence-electron chi connectivity index (χ3n) is 14.3. The van der Waals surface area contributed by atoms with Crippen molar-refractivity contribution in [3.8, 4) is 22.6 Å². The molecule has 3 aromatic rings. The number of aliphatic hydroxyl groups excluding tert-OH is 7. The first kappa shape index (κ1) is 60.4. The average Bonchev–Trinajstić information content (AvgIpc) is 4.08. The summed E-state index contributed by atoms with van der Waals surface area (Å²) in [4.78, 5) is 114. The monoisotopic (exact) mass is 1140 g/mol. The zero-order valence-electron chi connectivity index (χ0n) is 42.8. The van der Waals surface area contributed by atoms with Gasteiger partial charge in [-0.25, -0.2) is 10.1 Å². The Labute approximate surface area is 459 Å². The normalized spacial score (nSPS) is 27.6. The molecule has 8 amide bonds. The molecule has 29 nitrogen and oxygen atoms in total. The molecule has 30 heteroatoms. The van der Waals surface area contributed by atoms with E-state index in [1.165, 1.54) is 6.92 Å². The number of hydrogen-bond donors (Lipinski definition) is 15. The largest absolute Gasteiger partial charge is 0.504 e. The average molecular weight is 1140 g/mol. The molecule has 0 saturated carbocycles. The lowest BCUT2D eigenvalue weighted by Gasteiger charge is -2.34. The maximum Gasteiger partial charge on any atom is 0.407 e. The number of nitrogens with two attached hydrogens (primary N) is 1. The lowest BCUT2D eigenvalue weighted by atomic mass is 9.96. The van der Waals surface area contributed by atoms with Crippen molar-refractivity contribution < 1.29 is 103 Å². The summed E-state index contributed by atoms with van der Waals surface area (Å²) in [7, 11) is 0. The van der Waals surface area contributed by atoms with Gasteiger partial charge in [-0.1, -0.05) is 70.9 Å². The highest BCUT2D eigenvalue weighted by atomic mass is 32.2. The molecule has 4 aliphatic rings. The Morgan fingerprint density at radius 1 is 0.787 bits per heavy atom. The molecule has 3 fully saturated rings. The van der Waals surface area contributed by atoms with Crippen molar-refractivity contribution in [2.45, 2.75) is 118 Å². The van der Waals surface area contributed by atoms with Crippen LogP contribution in [0.5, 0.6) is 11.5 Å². The lowest BCUT2D eigenvalue weighted by molar-refractivity contribution is -0.433. The third kappa shape index (κ3) is 13.7. The van der Waals surface area contributed by atoms with E-state index in [2.05, 4.69) is 36.0 Å². The maximum atomic E-state index is 14.6. The van der Waals surface area contributed by atoms with Gasteiger partial charge in [-0.15, -0.1) is 0 Å². The predicted molar refractivity (Wildman–Crippen MR) is 272 cm³/mol. The fourth-order valence-corrected chi connectivity index (χ4v) is 10.5. The van der Waals surface area contributed by atoms with Crippen LogP contribution in [0.15, 0.2) is 66.7 Å². The van der Waals surface area contributed by atoms with Crippen molar-refractivity contribution >= 4 is 59.8 Å². The first-order valence-corrected chi connectivity index (χ1v) is 25.8. The minimum Gasteiger partial charge on any atom is -0.504 e. The summed E-state index contributed by atoms with van der Waals surface area (Å²) < 4.78 is 14.8. The lowest BCUT2D eigenvalue weighted by Crippen LogP contribution is -2.64. The molecule has 0 aromatic heterocycles. The summed E-state index contributed by atoms with van der Waals surface area (Å²) in [5.74, 6) is -11.5. The highest BCUT2D eigenvalue weighted by Gasteiger charge is 2.50. The SMILES string of the molecule is CC(O)C1NC(=O)C(NC(=O)OCC2c3ccccc3-c3ccccc32)CC(O)CNC(=O)C2C(O)C(C)CN2C(=O)C(C(O)CC(N)=O)NC(=O)C(C(O)C(O)c2ccc(O)c(OSOOO)c2)NC(=O)C2CC(O)CN2C1=O. The molecule has 3 aromatic carbocycles. The Hall–Kier alpha value is -7.23. The minimum absolute atomic E-state index is 0.0223. The van der Waals surface area contributed by atoms with Crippen LogP contribution in [0.25, 0.3) is 11.1 Å². The minimum atomic E-state index is -2.52. The van der Waals surface area contributed by atoms with Crippen molar-refractivity contribution in [1.29, 1.82) is 0 Å². The Bertz CT molecular complexity index is 2750. The number of fused-ring (bicyclic) bond motifs is 5. The highest BCUT2D eigenvalue weighted by Crippen LogP contribution is 2.44. The van der Waals surface area contributed by atoms with E-state index in [0.717, 1.165) is 57.2 Å². The van der Waals surface area contributed by atoms with E-state index in [0.29, 0.717) is 0 Å². The number of amides is 8. The van der Waals surface area contributed by atoms with Crippen LogP contribution >= 0.6 is 12.3 Å². The van der Waals surface area contributed by atoms with Crippen LogP contribution < -0.4 is 36.5 Å². The summed E-state index contributed by atoms with van der Waals surface area (Å²) in [6, 6.07) is 5.55. The van der Waals surface area contributed by atoms with Crippen LogP contribution in [0.1, 0.15) is 61.8 Å². The fourth-order valence-electron chi connectivity index (χ4n) is 10.2. The van der Waals surface area contributed by atoms with Gasteiger partial charge in [0, 0.05) is 44.3 Å². The molecule has 0 bridgehead atoms. The van der Waals surface area contributed by atoms with Gasteiger partial charge in [0.25, 0.3) is 12.3 Å². The summed E-state index contributed by atoms with van der Waals surface area (Å²) in [6.07, 6.45) is -17.3. The van der Waals surface area contributed by atoms with Gasteiger partial charge in [0.05, 0.1) is 36.9 Å². The van der Waals surface area contributed by atoms with Gasteiger partial charge in [-0.2, -0.15) is 0 Å². The van der Waals surface area contributed by atoms with Gasteiger partial charge in [0.2, 0.25) is 41.4 Å². The van der Waals surface area contributed by atoms with E-state index in [1.54, 1.807) is 0 Å². The van der Waals surface area contributed by atoms with Gasteiger partial charge >= 0.3 is 6.09 Å². The van der Waals surface area contributed by atoms with E-state index in [-0.39, 0.29) is 24.5 Å². The number of phenolic OH excluding ortho intramolecular Hbond substituents is 1. The third-order valence-corrected chi connectivity index (χ3v) is 14.6. The number of rotatable bonds is 14. The molecule has 1 aliphatic carbocycles. The van der Waals surface area contributed by atoms with Crippen LogP contribution in [-0.4, -0.2) is 202 Å². The number of ether oxygens (including phenoxy) is 1. The topological polar surface area (TPSA) is 448 Å². The molecule has 3 saturated heterocycles. The second kappa shape index (κ2) is 26.4. The van der Waals surface area contributed by atoms with Crippen LogP contribution in [0, 0.1) is 5.92 Å². The van der Waals surface area contributed by atoms with Crippen molar-refractivity contribution in [3.05, 3.63) is 83.4 Å². The van der Waals surface area contributed by atoms with Gasteiger partial charge < -0.3 is 91.9 Å². The Balaban J connectivity index is 1.24. The van der Waals surface area contributed by atoms with E-state index in [4.69, 9.17) is 19.9 Å². The van der Waals surface area contributed by atoms with Gasteiger partial charge in [0.15, 0.2) is 11.5 Å². The van der Waals surface area contributed by atoms with E-state index in [1.807, 2.05) is 48.5 Å². The van der Waals surface area contributed by atoms with Gasteiger partial charge in [-0.3, -0.25) is 33.6 Å². The Morgan fingerprint density at radius 2 is 1.41 bits per heavy atom. The number of benzene rings is 3. The fraction of sp³-hybridized carbons (Fsp3) is 0.480. The number of primary amides is 1. The smallest absolute Gasteiger partial charge is 0.407 e. The molecule has 3 heterocycles. The summed E-state index contributed by atoms with van der Waals surface area (Å²) in [6.45, 7) is 0.462. The molecule has 0 spiro atoms. The Morgan fingerprint density at radius 3 is 2.05 bits per heavy atom. The number of phenols is 1. The highest BCUT2D eigenvalue weighted by molar-refractivity contribution is 7.90. The second-order valence-corrected chi connectivity index (χ2v) is 20.3. The Kier molecular flexibility index (Phi) is 19.9. The van der Waals surface area contributed by atoms with Crippen LogP contribution in [-0.2, 0) is 47.7 Å². The zero-order valence-corrected chi connectivity index (χ0v) is 43.6. The first-order chi connectivity index (χ1) is 38.0. The number of aliphatic hydroxyl groups is 7. The molecule has 434 valence electrons. The van der Waals surface area contributed by atoms with E-state index < -0.39 is 189 Å².